The number of ether oxygens (including phenoxy) is 1. The maximum absolute atomic E-state index is 11.4. The second-order valence-corrected chi connectivity index (χ2v) is 4.27. The highest BCUT2D eigenvalue weighted by Crippen LogP contribution is 2.15. The number of nitrogens with one attached hydrogen (secondary N) is 2. The molecule has 0 aliphatic heterocycles. The van der Waals surface area contributed by atoms with Crippen molar-refractivity contribution in [2.75, 3.05) is 24.4 Å². The zero-order valence-corrected chi connectivity index (χ0v) is 11.3. The van der Waals surface area contributed by atoms with E-state index in [1.54, 1.807) is 12.4 Å². The summed E-state index contributed by atoms with van der Waals surface area (Å²) in [7, 11) is 1.49. The van der Waals surface area contributed by atoms with Crippen LogP contribution in [0.3, 0.4) is 0 Å². The van der Waals surface area contributed by atoms with Gasteiger partial charge in [-0.25, -0.2) is 0 Å². The zero-order valence-electron chi connectivity index (χ0n) is 11.3. The van der Waals surface area contributed by atoms with Crippen molar-refractivity contribution in [2.45, 2.75) is 6.54 Å². The van der Waals surface area contributed by atoms with Gasteiger partial charge in [0.25, 0.3) is 0 Å². The average molecular weight is 271 g/mol. The quantitative estimate of drug-likeness (QED) is 0.846. The monoisotopic (exact) mass is 271 g/mol. The molecule has 0 spiro atoms. The lowest BCUT2D eigenvalue weighted by Crippen LogP contribution is -2.17. The van der Waals surface area contributed by atoms with Crippen LogP contribution < -0.4 is 10.6 Å². The Hall–Kier alpha value is -2.40. The first kappa shape index (κ1) is 14.0. The minimum Gasteiger partial charge on any atom is -0.381 e. The summed E-state index contributed by atoms with van der Waals surface area (Å²) in [4.78, 5) is 15.4. The zero-order chi connectivity index (χ0) is 14.2. The molecule has 0 saturated heterocycles. The molecule has 1 aromatic heterocycles. The van der Waals surface area contributed by atoms with Crippen LogP contribution in [0.2, 0.25) is 0 Å². The predicted octanol–water partition coefficient (Wildman–Crippen LogP) is 2.28. The molecule has 1 aromatic carbocycles. The molecule has 1 amide bonds. The SMILES string of the molecule is COCC(=O)Nc1cccc(NCc2ccncc2)c1. The highest BCUT2D eigenvalue weighted by Gasteiger charge is 2.02. The van der Waals surface area contributed by atoms with Gasteiger partial charge in [-0.05, 0) is 35.9 Å². The summed E-state index contributed by atoms with van der Waals surface area (Å²) in [6.45, 7) is 0.757. The Bertz CT molecular complexity index is 558. The normalized spacial score (nSPS) is 10.1. The molecule has 0 atom stereocenters. The van der Waals surface area contributed by atoms with E-state index in [4.69, 9.17) is 4.74 Å². The molecule has 104 valence electrons. The number of carbonyl (C=O) groups is 1. The maximum atomic E-state index is 11.4. The second-order valence-electron chi connectivity index (χ2n) is 4.27. The third kappa shape index (κ3) is 4.37. The van der Waals surface area contributed by atoms with E-state index in [1.165, 1.54) is 7.11 Å². The Morgan fingerprint density at radius 1 is 1.20 bits per heavy atom. The number of hydrogen-bond acceptors (Lipinski definition) is 4. The van der Waals surface area contributed by atoms with E-state index in [2.05, 4.69) is 15.6 Å². The molecule has 0 radical (unpaired) electrons. The molecule has 1 heterocycles. The molecule has 0 aliphatic carbocycles. The maximum Gasteiger partial charge on any atom is 0.250 e. The molecule has 20 heavy (non-hydrogen) atoms. The number of benzene rings is 1. The van der Waals surface area contributed by atoms with Gasteiger partial charge in [-0.2, -0.15) is 0 Å². The summed E-state index contributed by atoms with van der Waals surface area (Å²) in [6.07, 6.45) is 3.52. The van der Waals surface area contributed by atoms with E-state index in [1.807, 2.05) is 36.4 Å². The van der Waals surface area contributed by atoms with Gasteiger partial charge in [0.2, 0.25) is 5.91 Å². The van der Waals surface area contributed by atoms with Crippen LogP contribution in [0.5, 0.6) is 0 Å². The molecule has 0 fully saturated rings. The van der Waals surface area contributed by atoms with Crippen LogP contribution >= 0.6 is 0 Å². The van der Waals surface area contributed by atoms with E-state index < -0.39 is 0 Å². The average Bonchev–Trinajstić information content (AvgIpc) is 2.47. The minimum absolute atomic E-state index is 0.0503. The van der Waals surface area contributed by atoms with E-state index in [-0.39, 0.29) is 12.5 Å². The number of hydrogen-bond donors (Lipinski definition) is 2. The molecule has 0 unspecified atom stereocenters. The minimum atomic E-state index is -0.168. The van der Waals surface area contributed by atoms with Crippen molar-refractivity contribution in [1.29, 1.82) is 0 Å². The highest BCUT2D eigenvalue weighted by molar-refractivity contribution is 5.92. The molecular formula is C15H17N3O2. The number of amides is 1. The molecule has 2 rings (SSSR count). The Morgan fingerprint density at radius 2 is 1.95 bits per heavy atom. The highest BCUT2D eigenvalue weighted by atomic mass is 16.5. The largest absolute Gasteiger partial charge is 0.381 e. The van der Waals surface area contributed by atoms with Crippen molar-refractivity contribution in [2.24, 2.45) is 0 Å². The van der Waals surface area contributed by atoms with E-state index >= 15 is 0 Å². The Kier molecular flexibility index (Phi) is 5.08. The van der Waals surface area contributed by atoms with E-state index in [9.17, 15) is 4.79 Å². The number of carbonyl (C=O) groups excluding carboxylic acids is 1. The summed E-state index contributed by atoms with van der Waals surface area (Å²) < 4.78 is 4.78. The van der Waals surface area contributed by atoms with E-state index in [0.717, 1.165) is 16.9 Å². The van der Waals surface area contributed by atoms with Crippen molar-refractivity contribution in [3.8, 4) is 0 Å². The van der Waals surface area contributed by atoms with Crippen molar-refractivity contribution in [3.05, 3.63) is 54.4 Å². The molecule has 0 saturated carbocycles. The lowest BCUT2D eigenvalue weighted by Gasteiger charge is -2.09. The van der Waals surface area contributed by atoms with Gasteiger partial charge in [0, 0.05) is 37.4 Å². The van der Waals surface area contributed by atoms with Gasteiger partial charge in [0.15, 0.2) is 0 Å². The summed E-state index contributed by atoms with van der Waals surface area (Å²) in [6, 6.07) is 11.5. The number of nitrogens with zero attached hydrogens (tertiary/aromatic N) is 1. The number of aromatic nitrogens is 1. The fourth-order valence-corrected chi connectivity index (χ4v) is 1.74. The fourth-order valence-electron chi connectivity index (χ4n) is 1.74. The molecule has 0 bridgehead atoms. The first-order chi connectivity index (χ1) is 9.78. The van der Waals surface area contributed by atoms with Crippen molar-refractivity contribution in [3.63, 3.8) is 0 Å². The van der Waals surface area contributed by atoms with Gasteiger partial charge in [-0.15, -0.1) is 0 Å². The molecule has 0 aliphatic rings. The topological polar surface area (TPSA) is 63.2 Å². The van der Waals surface area contributed by atoms with Crippen molar-refractivity contribution >= 4 is 17.3 Å². The van der Waals surface area contributed by atoms with Crippen LogP contribution in [0, 0.1) is 0 Å². The predicted molar refractivity (Wildman–Crippen MR) is 78.5 cm³/mol. The fraction of sp³-hybridized carbons (Fsp3) is 0.200. The second kappa shape index (κ2) is 7.25. The molecule has 2 N–H and O–H groups in total. The summed E-state index contributed by atoms with van der Waals surface area (Å²) in [5.74, 6) is -0.168. The van der Waals surface area contributed by atoms with Crippen molar-refractivity contribution < 1.29 is 9.53 Å². The standard InChI is InChI=1S/C15H17N3O2/c1-20-11-15(19)18-14-4-2-3-13(9-14)17-10-12-5-7-16-8-6-12/h2-9,17H,10-11H2,1H3,(H,18,19). The van der Waals surface area contributed by atoms with Gasteiger partial charge in [0.1, 0.15) is 6.61 Å². The van der Waals surface area contributed by atoms with Crippen LogP contribution in [0.4, 0.5) is 11.4 Å². The molecular weight excluding hydrogens is 254 g/mol. The third-order valence-corrected chi connectivity index (χ3v) is 2.67. The summed E-state index contributed by atoms with van der Waals surface area (Å²) >= 11 is 0. The number of rotatable bonds is 6. The van der Waals surface area contributed by atoms with E-state index in [0.29, 0.717) is 6.54 Å². The Labute approximate surface area is 118 Å². The number of pyridine rings is 1. The lowest BCUT2D eigenvalue weighted by molar-refractivity contribution is -0.119. The van der Waals surface area contributed by atoms with Gasteiger partial charge in [0.05, 0.1) is 0 Å². The van der Waals surface area contributed by atoms with Gasteiger partial charge < -0.3 is 15.4 Å². The first-order valence-corrected chi connectivity index (χ1v) is 6.29. The van der Waals surface area contributed by atoms with Crippen LogP contribution in [0.15, 0.2) is 48.8 Å². The summed E-state index contributed by atoms with van der Waals surface area (Å²) in [5, 5.41) is 6.06. The first-order valence-electron chi connectivity index (χ1n) is 6.29. The number of anilines is 2. The van der Waals surface area contributed by atoms with Crippen LogP contribution in [0.25, 0.3) is 0 Å². The summed E-state index contributed by atoms with van der Waals surface area (Å²) in [5.41, 5.74) is 2.83. The molecule has 5 heteroatoms. The van der Waals surface area contributed by atoms with Gasteiger partial charge in [-0.1, -0.05) is 6.07 Å². The smallest absolute Gasteiger partial charge is 0.250 e. The van der Waals surface area contributed by atoms with Crippen molar-refractivity contribution in [1.82, 2.24) is 4.98 Å². The Morgan fingerprint density at radius 3 is 2.70 bits per heavy atom. The van der Waals surface area contributed by atoms with Crippen LogP contribution in [-0.4, -0.2) is 24.6 Å². The van der Waals surface area contributed by atoms with Gasteiger partial charge >= 0.3 is 0 Å². The van der Waals surface area contributed by atoms with Gasteiger partial charge in [-0.3, -0.25) is 9.78 Å². The third-order valence-electron chi connectivity index (χ3n) is 2.67. The lowest BCUT2D eigenvalue weighted by atomic mass is 10.2. The Balaban J connectivity index is 1.94. The molecule has 5 nitrogen and oxygen atoms in total. The van der Waals surface area contributed by atoms with Crippen LogP contribution in [-0.2, 0) is 16.1 Å². The molecule has 2 aromatic rings. The number of methoxy groups -OCH3 is 1. The van der Waals surface area contributed by atoms with Crippen LogP contribution in [0.1, 0.15) is 5.56 Å².